The SMILES string of the molecule is Cc1[nH]c(=O)n(C)c(=O)c1Cc1nnc(SCC(=O)Nc2ccccc2)o1. The van der Waals surface area contributed by atoms with E-state index in [0.717, 1.165) is 16.3 Å². The van der Waals surface area contributed by atoms with Gasteiger partial charge >= 0.3 is 5.69 Å². The van der Waals surface area contributed by atoms with E-state index in [9.17, 15) is 14.4 Å². The van der Waals surface area contributed by atoms with Crippen LogP contribution in [-0.2, 0) is 18.3 Å². The number of nitrogens with one attached hydrogen (secondary N) is 2. The summed E-state index contributed by atoms with van der Waals surface area (Å²) in [5.41, 5.74) is 0.647. The third kappa shape index (κ3) is 4.53. The molecule has 2 N–H and O–H groups in total. The summed E-state index contributed by atoms with van der Waals surface area (Å²) in [5.74, 6) is 0.139. The summed E-state index contributed by atoms with van der Waals surface area (Å²) in [4.78, 5) is 38.3. The molecule has 0 atom stereocenters. The molecule has 2 aromatic heterocycles. The summed E-state index contributed by atoms with van der Waals surface area (Å²) in [5, 5.41) is 10.8. The maximum absolute atomic E-state index is 12.2. The predicted molar refractivity (Wildman–Crippen MR) is 99.9 cm³/mol. The van der Waals surface area contributed by atoms with Gasteiger partial charge in [-0.25, -0.2) is 4.79 Å². The number of aryl methyl sites for hydroxylation is 1. The van der Waals surface area contributed by atoms with Crippen molar-refractivity contribution in [2.75, 3.05) is 11.1 Å². The molecule has 10 heteroatoms. The quantitative estimate of drug-likeness (QED) is 0.607. The number of aromatic nitrogens is 4. The Kier molecular flexibility index (Phi) is 5.55. The van der Waals surface area contributed by atoms with Crippen LogP contribution in [0.2, 0.25) is 0 Å². The second-order valence-corrected chi connectivity index (χ2v) is 6.67. The van der Waals surface area contributed by atoms with Gasteiger partial charge in [-0.15, -0.1) is 10.2 Å². The second kappa shape index (κ2) is 8.04. The van der Waals surface area contributed by atoms with Crippen molar-refractivity contribution in [1.82, 2.24) is 19.7 Å². The third-order valence-corrected chi connectivity index (χ3v) is 4.59. The van der Waals surface area contributed by atoms with Crippen molar-refractivity contribution in [2.24, 2.45) is 7.05 Å². The number of carbonyl (C=O) groups is 1. The van der Waals surface area contributed by atoms with Crippen LogP contribution in [0.3, 0.4) is 0 Å². The number of hydrogen-bond acceptors (Lipinski definition) is 7. The van der Waals surface area contributed by atoms with Crippen LogP contribution in [0, 0.1) is 6.92 Å². The van der Waals surface area contributed by atoms with Gasteiger partial charge in [-0.3, -0.25) is 14.2 Å². The number of carbonyl (C=O) groups excluding carboxylic acids is 1. The van der Waals surface area contributed by atoms with E-state index in [0.29, 0.717) is 16.9 Å². The lowest BCUT2D eigenvalue weighted by Crippen LogP contribution is -2.36. The molecular weight excluding hydrogens is 370 g/mol. The first-order valence-corrected chi connectivity index (χ1v) is 9.01. The van der Waals surface area contributed by atoms with Crippen LogP contribution in [-0.4, -0.2) is 31.4 Å². The van der Waals surface area contributed by atoms with E-state index in [1.165, 1.54) is 7.05 Å². The molecule has 2 heterocycles. The molecule has 3 rings (SSSR count). The minimum absolute atomic E-state index is 0.0963. The Labute approximate surface area is 157 Å². The van der Waals surface area contributed by atoms with Gasteiger partial charge < -0.3 is 14.7 Å². The first-order chi connectivity index (χ1) is 12.9. The number of aromatic amines is 1. The number of anilines is 1. The summed E-state index contributed by atoms with van der Waals surface area (Å²) in [6, 6.07) is 9.11. The van der Waals surface area contributed by atoms with Gasteiger partial charge in [-0.1, -0.05) is 30.0 Å². The maximum atomic E-state index is 12.2. The largest absolute Gasteiger partial charge is 0.416 e. The summed E-state index contributed by atoms with van der Waals surface area (Å²) < 4.78 is 6.48. The van der Waals surface area contributed by atoms with Crippen LogP contribution in [0.25, 0.3) is 0 Å². The zero-order valence-corrected chi connectivity index (χ0v) is 15.5. The van der Waals surface area contributed by atoms with Crippen LogP contribution in [0.4, 0.5) is 5.69 Å². The number of nitrogens with zero attached hydrogens (tertiary/aromatic N) is 3. The molecule has 0 saturated carbocycles. The summed E-state index contributed by atoms with van der Waals surface area (Å²) in [6.07, 6.45) is 0.0963. The standard InChI is InChI=1S/C17H17N5O4S/c1-10-12(15(24)22(2)16(25)18-10)8-14-20-21-17(26-14)27-9-13(23)19-11-6-4-3-5-7-11/h3-7H,8-9H2,1-2H3,(H,18,25)(H,19,23). The molecule has 27 heavy (non-hydrogen) atoms. The molecule has 0 aliphatic heterocycles. The first kappa shape index (κ1) is 18.6. The molecule has 0 radical (unpaired) electrons. The zero-order chi connectivity index (χ0) is 19.4. The molecule has 140 valence electrons. The van der Waals surface area contributed by atoms with Crippen molar-refractivity contribution in [3.63, 3.8) is 0 Å². The van der Waals surface area contributed by atoms with E-state index in [2.05, 4.69) is 20.5 Å². The van der Waals surface area contributed by atoms with Crippen LogP contribution < -0.4 is 16.6 Å². The van der Waals surface area contributed by atoms with Crippen molar-refractivity contribution in [3.05, 3.63) is 68.3 Å². The molecule has 0 saturated heterocycles. The topological polar surface area (TPSA) is 123 Å². The highest BCUT2D eigenvalue weighted by Crippen LogP contribution is 2.18. The number of amides is 1. The number of thioether (sulfide) groups is 1. The van der Waals surface area contributed by atoms with Crippen molar-refractivity contribution < 1.29 is 9.21 Å². The Balaban J connectivity index is 1.62. The molecule has 0 aliphatic rings. The van der Waals surface area contributed by atoms with Crippen molar-refractivity contribution in [1.29, 1.82) is 0 Å². The summed E-state index contributed by atoms with van der Waals surface area (Å²) >= 11 is 1.10. The highest BCUT2D eigenvalue weighted by molar-refractivity contribution is 7.99. The molecule has 1 aromatic carbocycles. The molecular formula is C17H17N5O4S. The van der Waals surface area contributed by atoms with Crippen LogP contribution in [0.15, 0.2) is 49.6 Å². The van der Waals surface area contributed by atoms with Gasteiger partial charge in [0.1, 0.15) is 0 Å². The lowest BCUT2D eigenvalue weighted by molar-refractivity contribution is -0.113. The third-order valence-electron chi connectivity index (χ3n) is 3.78. The Bertz CT molecular complexity index is 1070. The lowest BCUT2D eigenvalue weighted by Gasteiger charge is -2.04. The molecule has 3 aromatic rings. The van der Waals surface area contributed by atoms with Gasteiger partial charge in [0.25, 0.3) is 10.8 Å². The highest BCUT2D eigenvalue weighted by Gasteiger charge is 2.15. The molecule has 0 aliphatic carbocycles. The number of rotatable bonds is 6. The highest BCUT2D eigenvalue weighted by atomic mass is 32.2. The van der Waals surface area contributed by atoms with E-state index >= 15 is 0 Å². The summed E-state index contributed by atoms with van der Waals surface area (Å²) in [7, 11) is 1.39. The monoisotopic (exact) mass is 387 g/mol. The second-order valence-electron chi connectivity index (χ2n) is 5.74. The van der Waals surface area contributed by atoms with Gasteiger partial charge in [0.15, 0.2) is 0 Å². The van der Waals surface area contributed by atoms with Gasteiger partial charge in [0, 0.05) is 24.0 Å². The normalized spacial score (nSPS) is 10.7. The lowest BCUT2D eigenvalue weighted by atomic mass is 10.2. The van der Waals surface area contributed by atoms with Crippen molar-refractivity contribution in [3.8, 4) is 0 Å². The van der Waals surface area contributed by atoms with Crippen molar-refractivity contribution >= 4 is 23.4 Å². The van der Waals surface area contributed by atoms with Crippen LogP contribution >= 0.6 is 11.8 Å². The van der Waals surface area contributed by atoms with E-state index in [-0.39, 0.29) is 29.2 Å². The molecule has 9 nitrogen and oxygen atoms in total. The number of H-pyrrole nitrogens is 1. The number of hydrogen-bond donors (Lipinski definition) is 2. The fraction of sp³-hybridized carbons (Fsp3) is 0.235. The Morgan fingerprint density at radius 3 is 2.74 bits per heavy atom. The molecule has 0 bridgehead atoms. The fourth-order valence-corrected chi connectivity index (χ4v) is 2.93. The van der Waals surface area contributed by atoms with Gasteiger partial charge in [0.2, 0.25) is 11.8 Å². The zero-order valence-electron chi connectivity index (χ0n) is 14.7. The number of benzene rings is 1. The van der Waals surface area contributed by atoms with E-state index in [4.69, 9.17) is 4.42 Å². The maximum Gasteiger partial charge on any atom is 0.328 e. The molecule has 0 fully saturated rings. The van der Waals surface area contributed by atoms with Crippen LogP contribution in [0.5, 0.6) is 0 Å². The molecule has 0 unspecified atom stereocenters. The molecule has 0 spiro atoms. The van der Waals surface area contributed by atoms with E-state index in [1.807, 2.05) is 18.2 Å². The van der Waals surface area contributed by atoms with E-state index in [1.54, 1.807) is 19.1 Å². The Hall–Kier alpha value is -3.14. The fourth-order valence-electron chi connectivity index (χ4n) is 2.35. The smallest absolute Gasteiger partial charge is 0.328 e. The Morgan fingerprint density at radius 2 is 2.00 bits per heavy atom. The van der Waals surface area contributed by atoms with Crippen LogP contribution in [0.1, 0.15) is 17.1 Å². The minimum Gasteiger partial charge on any atom is -0.416 e. The van der Waals surface area contributed by atoms with Gasteiger partial charge in [-0.05, 0) is 19.1 Å². The minimum atomic E-state index is -0.479. The molecule has 1 amide bonds. The van der Waals surface area contributed by atoms with E-state index < -0.39 is 11.2 Å². The summed E-state index contributed by atoms with van der Waals surface area (Å²) in [6.45, 7) is 1.64. The van der Waals surface area contributed by atoms with Gasteiger partial charge in [0.05, 0.1) is 12.2 Å². The van der Waals surface area contributed by atoms with Gasteiger partial charge in [-0.2, -0.15) is 0 Å². The first-order valence-electron chi connectivity index (χ1n) is 8.03. The average molecular weight is 387 g/mol. The predicted octanol–water partition coefficient (Wildman–Crippen LogP) is 1.09. The Morgan fingerprint density at radius 1 is 1.26 bits per heavy atom. The average Bonchev–Trinajstić information content (AvgIpc) is 3.10. The number of para-hydroxylation sites is 1. The van der Waals surface area contributed by atoms with Crippen molar-refractivity contribution in [2.45, 2.75) is 18.6 Å².